The Balaban J connectivity index is 1.99. The Labute approximate surface area is 157 Å². The minimum Gasteiger partial charge on any atom is -0.481 e. The maximum Gasteiger partial charge on any atom is 0.263 e. The van der Waals surface area contributed by atoms with Crippen LogP contribution in [0.1, 0.15) is 51.7 Å². The number of hydrogen-bond donors (Lipinski definition) is 0. The van der Waals surface area contributed by atoms with E-state index in [9.17, 15) is 9.59 Å². The van der Waals surface area contributed by atoms with E-state index in [0.717, 1.165) is 16.9 Å². The minimum atomic E-state index is -0.540. The molecule has 26 heavy (non-hydrogen) atoms. The van der Waals surface area contributed by atoms with Gasteiger partial charge in [0.05, 0.1) is 0 Å². The lowest BCUT2D eigenvalue weighted by Gasteiger charge is -2.36. The molecule has 0 aliphatic carbocycles. The van der Waals surface area contributed by atoms with Gasteiger partial charge < -0.3 is 14.5 Å². The lowest BCUT2D eigenvalue weighted by Crippen LogP contribution is -2.53. The number of carbonyl (C=O) groups is 2. The van der Waals surface area contributed by atoms with Gasteiger partial charge in [0.1, 0.15) is 5.75 Å². The van der Waals surface area contributed by atoms with Crippen LogP contribution in [0.5, 0.6) is 5.75 Å². The van der Waals surface area contributed by atoms with Crippen molar-refractivity contribution in [2.45, 2.75) is 53.6 Å². The summed E-state index contributed by atoms with van der Waals surface area (Å²) in [5.74, 6) is 1.25. The molecule has 5 nitrogen and oxygen atoms in total. The minimum absolute atomic E-state index is 0.00437. The van der Waals surface area contributed by atoms with E-state index in [4.69, 9.17) is 4.74 Å². The van der Waals surface area contributed by atoms with Crippen molar-refractivity contribution in [2.24, 2.45) is 5.92 Å². The third kappa shape index (κ3) is 4.77. The molecule has 0 bridgehead atoms. The summed E-state index contributed by atoms with van der Waals surface area (Å²) < 4.78 is 6.04. The second-order valence-corrected chi connectivity index (χ2v) is 7.76. The Bertz CT molecular complexity index is 647. The van der Waals surface area contributed by atoms with Crippen LogP contribution in [-0.4, -0.2) is 53.9 Å². The summed E-state index contributed by atoms with van der Waals surface area (Å²) in [7, 11) is 0. The fraction of sp³-hybridized carbons (Fsp3) is 0.619. The van der Waals surface area contributed by atoms with Crippen LogP contribution in [0.15, 0.2) is 18.2 Å². The largest absolute Gasteiger partial charge is 0.481 e. The second kappa shape index (κ2) is 8.56. The van der Waals surface area contributed by atoms with E-state index in [1.807, 2.05) is 31.7 Å². The summed E-state index contributed by atoms with van der Waals surface area (Å²) in [6.07, 6.45) is -0.540. The molecule has 1 aromatic rings. The van der Waals surface area contributed by atoms with Gasteiger partial charge in [-0.15, -0.1) is 0 Å². The van der Waals surface area contributed by atoms with Crippen molar-refractivity contribution in [2.75, 3.05) is 26.2 Å². The molecule has 0 aromatic heterocycles. The number of benzene rings is 1. The van der Waals surface area contributed by atoms with E-state index < -0.39 is 6.10 Å². The van der Waals surface area contributed by atoms with Gasteiger partial charge in [-0.25, -0.2) is 0 Å². The SMILES string of the molecule is Cc1ccc(C(C)C)c(OC(C)C(=O)N2CCN(C(=O)C(C)C)CC2)c1. The fourth-order valence-corrected chi connectivity index (χ4v) is 3.23. The molecule has 1 atom stereocenters. The molecule has 1 aromatic carbocycles. The maximum atomic E-state index is 12.8. The van der Waals surface area contributed by atoms with Crippen LogP contribution >= 0.6 is 0 Å². The third-order valence-electron chi connectivity index (χ3n) is 4.84. The normalized spacial score (nSPS) is 16.2. The van der Waals surface area contributed by atoms with Gasteiger partial charge in [-0.3, -0.25) is 9.59 Å². The van der Waals surface area contributed by atoms with Gasteiger partial charge in [0.25, 0.3) is 5.91 Å². The highest BCUT2D eigenvalue weighted by atomic mass is 16.5. The van der Waals surface area contributed by atoms with Gasteiger partial charge in [0.15, 0.2) is 6.10 Å². The monoisotopic (exact) mass is 360 g/mol. The van der Waals surface area contributed by atoms with Crippen LogP contribution in [-0.2, 0) is 9.59 Å². The Morgan fingerprint density at radius 3 is 1.96 bits per heavy atom. The van der Waals surface area contributed by atoms with Gasteiger partial charge in [0.2, 0.25) is 5.91 Å². The molecular formula is C21H32N2O3. The van der Waals surface area contributed by atoms with Gasteiger partial charge in [0, 0.05) is 32.1 Å². The number of nitrogens with zero attached hydrogens (tertiary/aromatic N) is 2. The lowest BCUT2D eigenvalue weighted by molar-refractivity contribution is -0.144. The number of aryl methyl sites for hydroxylation is 1. The smallest absolute Gasteiger partial charge is 0.263 e. The Kier molecular flexibility index (Phi) is 6.68. The molecule has 1 saturated heterocycles. The maximum absolute atomic E-state index is 12.8. The number of carbonyl (C=O) groups excluding carboxylic acids is 2. The van der Waals surface area contributed by atoms with Crippen molar-refractivity contribution >= 4 is 11.8 Å². The predicted octanol–water partition coefficient (Wildman–Crippen LogP) is 3.21. The van der Waals surface area contributed by atoms with Crippen molar-refractivity contribution in [3.8, 4) is 5.75 Å². The van der Waals surface area contributed by atoms with Crippen molar-refractivity contribution in [3.63, 3.8) is 0 Å². The molecule has 2 rings (SSSR count). The highest BCUT2D eigenvalue weighted by Gasteiger charge is 2.29. The average molecular weight is 360 g/mol. The molecule has 2 amide bonds. The first kappa shape index (κ1) is 20.3. The van der Waals surface area contributed by atoms with Crippen LogP contribution < -0.4 is 4.74 Å². The van der Waals surface area contributed by atoms with E-state index in [0.29, 0.717) is 32.1 Å². The van der Waals surface area contributed by atoms with E-state index in [1.54, 1.807) is 11.8 Å². The topological polar surface area (TPSA) is 49.9 Å². The number of amides is 2. The fourth-order valence-electron chi connectivity index (χ4n) is 3.23. The van der Waals surface area contributed by atoms with Crippen LogP contribution in [0, 0.1) is 12.8 Å². The molecule has 1 aliphatic rings. The zero-order valence-electron chi connectivity index (χ0n) is 16.9. The number of piperazine rings is 1. The van der Waals surface area contributed by atoms with Gasteiger partial charge in [-0.05, 0) is 37.0 Å². The number of ether oxygens (including phenoxy) is 1. The summed E-state index contributed by atoms with van der Waals surface area (Å²) in [5, 5.41) is 0. The molecule has 0 N–H and O–H groups in total. The average Bonchev–Trinajstić information content (AvgIpc) is 2.60. The van der Waals surface area contributed by atoms with Crippen LogP contribution in [0.3, 0.4) is 0 Å². The molecule has 1 aliphatic heterocycles. The zero-order chi connectivity index (χ0) is 19.4. The van der Waals surface area contributed by atoms with Gasteiger partial charge in [-0.2, -0.15) is 0 Å². The highest BCUT2D eigenvalue weighted by molar-refractivity contribution is 5.82. The molecule has 5 heteroatoms. The quantitative estimate of drug-likeness (QED) is 0.810. The Morgan fingerprint density at radius 1 is 0.923 bits per heavy atom. The first-order valence-corrected chi connectivity index (χ1v) is 9.55. The molecule has 1 heterocycles. The molecule has 1 fully saturated rings. The highest BCUT2D eigenvalue weighted by Crippen LogP contribution is 2.28. The Hall–Kier alpha value is -2.04. The Morgan fingerprint density at radius 2 is 1.46 bits per heavy atom. The standard InChI is InChI=1S/C21H32N2O3/c1-14(2)18-8-7-16(5)13-19(18)26-17(6)21(25)23-11-9-22(10-12-23)20(24)15(3)4/h7-8,13-15,17H,9-12H2,1-6H3. The molecule has 1 unspecified atom stereocenters. The van der Waals surface area contributed by atoms with Crippen LogP contribution in [0.2, 0.25) is 0 Å². The summed E-state index contributed by atoms with van der Waals surface area (Å²) >= 11 is 0. The van der Waals surface area contributed by atoms with Crippen molar-refractivity contribution in [3.05, 3.63) is 29.3 Å². The van der Waals surface area contributed by atoms with Gasteiger partial charge >= 0.3 is 0 Å². The lowest BCUT2D eigenvalue weighted by atomic mass is 10.0. The molecule has 0 spiro atoms. The molecule has 0 radical (unpaired) electrons. The van der Waals surface area contributed by atoms with Crippen LogP contribution in [0.25, 0.3) is 0 Å². The van der Waals surface area contributed by atoms with E-state index in [2.05, 4.69) is 26.0 Å². The van der Waals surface area contributed by atoms with Crippen LogP contribution in [0.4, 0.5) is 0 Å². The molecule has 0 saturated carbocycles. The summed E-state index contributed by atoms with van der Waals surface area (Å²) in [4.78, 5) is 28.5. The summed E-state index contributed by atoms with van der Waals surface area (Å²) in [5.41, 5.74) is 2.23. The van der Waals surface area contributed by atoms with E-state index in [-0.39, 0.29) is 17.7 Å². The first-order chi connectivity index (χ1) is 12.2. The zero-order valence-corrected chi connectivity index (χ0v) is 16.9. The summed E-state index contributed by atoms with van der Waals surface area (Å²) in [6.45, 7) is 14.2. The molecule has 144 valence electrons. The van der Waals surface area contributed by atoms with Crippen molar-refractivity contribution in [1.82, 2.24) is 9.80 Å². The third-order valence-corrected chi connectivity index (χ3v) is 4.84. The van der Waals surface area contributed by atoms with E-state index >= 15 is 0 Å². The first-order valence-electron chi connectivity index (χ1n) is 9.55. The van der Waals surface area contributed by atoms with Crippen molar-refractivity contribution in [1.29, 1.82) is 0 Å². The predicted molar refractivity (Wildman–Crippen MR) is 103 cm³/mol. The summed E-state index contributed by atoms with van der Waals surface area (Å²) in [6, 6.07) is 6.14. The number of hydrogen-bond acceptors (Lipinski definition) is 3. The van der Waals surface area contributed by atoms with Gasteiger partial charge in [-0.1, -0.05) is 39.8 Å². The van der Waals surface area contributed by atoms with E-state index in [1.165, 1.54) is 0 Å². The van der Waals surface area contributed by atoms with Crippen molar-refractivity contribution < 1.29 is 14.3 Å². The number of rotatable bonds is 5. The second-order valence-electron chi connectivity index (χ2n) is 7.76. The molecular weight excluding hydrogens is 328 g/mol.